The van der Waals surface area contributed by atoms with E-state index in [9.17, 15) is 0 Å². The Morgan fingerprint density at radius 2 is 1.05 bits per heavy atom. The minimum atomic E-state index is 0.543. The molecule has 2 N–H and O–H groups in total. The number of rotatable bonds is 5. The minimum Gasteiger partial charge on any atom is -0.301 e. The molecule has 0 fully saturated rings. The van der Waals surface area contributed by atoms with Gasteiger partial charge in [0.05, 0.1) is 11.4 Å². The highest BCUT2D eigenvalue weighted by atomic mass is 15.4. The Bertz CT molecular complexity index is 507. The molecule has 20 heavy (non-hydrogen) atoms. The van der Waals surface area contributed by atoms with Gasteiger partial charge in [-0.1, -0.05) is 52.0 Å². The van der Waals surface area contributed by atoms with Crippen molar-refractivity contribution in [2.75, 3.05) is 10.9 Å². The van der Waals surface area contributed by atoms with E-state index in [4.69, 9.17) is 0 Å². The first-order valence-electron chi connectivity index (χ1n) is 7.28. The van der Waals surface area contributed by atoms with E-state index in [1.807, 2.05) is 0 Å². The van der Waals surface area contributed by atoms with E-state index < -0.39 is 0 Å². The summed E-state index contributed by atoms with van der Waals surface area (Å²) >= 11 is 0. The summed E-state index contributed by atoms with van der Waals surface area (Å²) in [6.45, 7) is 8.83. The molecule has 2 aromatic carbocycles. The van der Waals surface area contributed by atoms with Crippen LogP contribution in [-0.2, 0) is 0 Å². The van der Waals surface area contributed by atoms with Crippen LogP contribution in [0, 0.1) is 0 Å². The maximum absolute atomic E-state index is 3.27. The highest BCUT2D eigenvalue weighted by Crippen LogP contribution is 2.20. The Morgan fingerprint density at radius 3 is 1.40 bits per heavy atom. The largest absolute Gasteiger partial charge is 0.301 e. The maximum Gasteiger partial charge on any atom is 0.0542 e. The zero-order valence-corrected chi connectivity index (χ0v) is 12.8. The summed E-state index contributed by atoms with van der Waals surface area (Å²) in [6.07, 6.45) is 0. The third kappa shape index (κ3) is 3.77. The highest BCUT2D eigenvalue weighted by Gasteiger charge is 2.01. The average Bonchev–Trinajstić information content (AvgIpc) is 2.45. The smallest absolute Gasteiger partial charge is 0.0542 e. The molecular formula is C18H24N2. The molecule has 2 nitrogen and oxygen atoms in total. The van der Waals surface area contributed by atoms with Crippen LogP contribution in [-0.4, -0.2) is 0 Å². The van der Waals surface area contributed by atoms with E-state index in [0.717, 1.165) is 11.4 Å². The van der Waals surface area contributed by atoms with Gasteiger partial charge < -0.3 is 10.9 Å². The highest BCUT2D eigenvalue weighted by molar-refractivity contribution is 5.54. The van der Waals surface area contributed by atoms with E-state index in [-0.39, 0.29) is 0 Å². The monoisotopic (exact) mass is 268 g/mol. The molecule has 0 aliphatic rings. The van der Waals surface area contributed by atoms with Gasteiger partial charge >= 0.3 is 0 Å². The number of hydrogen-bond acceptors (Lipinski definition) is 2. The third-order valence-electron chi connectivity index (χ3n) is 3.46. The number of hydrazine groups is 1. The van der Waals surface area contributed by atoms with Gasteiger partial charge in [0.2, 0.25) is 0 Å². The van der Waals surface area contributed by atoms with Crippen molar-refractivity contribution in [1.29, 1.82) is 0 Å². The normalized spacial score (nSPS) is 10.9. The van der Waals surface area contributed by atoms with Crippen molar-refractivity contribution in [2.24, 2.45) is 0 Å². The zero-order valence-electron chi connectivity index (χ0n) is 12.8. The SMILES string of the molecule is CC(C)c1cccc(NNc2cccc(C(C)C)c2)c1. The molecule has 0 saturated carbocycles. The average molecular weight is 268 g/mol. The van der Waals surface area contributed by atoms with Crippen LogP contribution < -0.4 is 10.9 Å². The van der Waals surface area contributed by atoms with E-state index >= 15 is 0 Å². The molecule has 0 unspecified atom stereocenters. The lowest BCUT2D eigenvalue weighted by atomic mass is 10.0. The van der Waals surface area contributed by atoms with Crippen molar-refractivity contribution in [1.82, 2.24) is 0 Å². The summed E-state index contributed by atoms with van der Waals surface area (Å²) in [7, 11) is 0. The molecule has 2 aromatic rings. The van der Waals surface area contributed by atoms with Crippen molar-refractivity contribution in [2.45, 2.75) is 39.5 Å². The maximum atomic E-state index is 3.27. The van der Waals surface area contributed by atoms with Crippen LogP contribution in [0.2, 0.25) is 0 Å². The first kappa shape index (κ1) is 14.4. The molecular weight excluding hydrogens is 244 g/mol. The fourth-order valence-electron chi connectivity index (χ4n) is 2.10. The Balaban J connectivity index is 2.05. The molecule has 106 valence electrons. The molecule has 0 aliphatic heterocycles. The lowest BCUT2D eigenvalue weighted by Gasteiger charge is -2.14. The molecule has 2 rings (SSSR count). The predicted molar refractivity (Wildman–Crippen MR) is 88.3 cm³/mol. The van der Waals surface area contributed by atoms with Gasteiger partial charge in [0, 0.05) is 0 Å². The second kappa shape index (κ2) is 6.47. The first-order chi connectivity index (χ1) is 9.56. The summed E-state index contributed by atoms with van der Waals surface area (Å²) in [5, 5.41) is 0. The van der Waals surface area contributed by atoms with Crippen LogP contribution in [0.25, 0.3) is 0 Å². The van der Waals surface area contributed by atoms with Crippen molar-refractivity contribution in [3.05, 3.63) is 59.7 Å². The van der Waals surface area contributed by atoms with Crippen molar-refractivity contribution in [3.8, 4) is 0 Å². The second-order valence-electron chi connectivity index (χ2n) is 5.81. The Morgan fingerprint density at radius 1 is 0.650 bits per heavy atom. The van der Waals surface area contributed by atoms with Crippen molar-refractivity contribution >= 4 is 11.4 Å². The first-order valence-corrected chi connectivity index (χ1v) is 7.28. The molecule has 0 heterocycles. The Labute approximate surface area is 122 Å². The van der Waals surface area contributed by atoms with E-state index in [1.165, 1.54) is 11.1 Å². The second-order valence-corrected chi connectivity index (χ2v) is 5.81. The standard InChI is InChI=1S/C18H24N2/c1-13(2)15-7-5-9-17(11-15)19-20-18-10-6-8-16(12-18)14(3)4/h5-14,19-20H,1-4H3. The van der Waals surface area contributed by atoms with E-state index in [2.05, 4.69) is 87.1 Å². The van der Waals surface area contributed by atoms with E-state index in [1.54, 1.807) is 0 Å². The van der Waals surface area contributed by atoms with Gasteiger partial charge in [0.15, 0.2) is 0 Å². The molecule has 2 heteroatoms. The molecule has 0 atom stereocenters. The minimum absolute atomic E-state index is 0.543. The Kier molecular flexibility index (Phi) is 4.67. The summed E-state index contributed by atoms with van der Waals surface area (Å²) in [5.74, 6) is 1.09. The number of hydrogen-bond donors (Lipinski definition) is 2. The van der Waals surface area contributed by atoms with Gasteiger partial charge in [0.25, 0.3) is 0 Å². The third-order valence-corrected chi connectivity index (χ3v) is 3.46. The number of nitrogens with one attached hydrogen (secondary N) is 2. The topological polar surface area (TPSA) is 24.1 Å². The van der Waals surface area contributed by atoms with Crippen LogP contribution in [0.3, 0.4) is 0 Å². The Hall–Kier alpha value is -1.96. The van der Waals surface area contributed by atoms with Gasteiger partial charge in [-0.05, 0) is 47.2 Å². The fourth-order valence-corrected chi connectivity index (χ4v) is 2.10. The zero-order chi connectivity index (χ0) is 14.5. The molecule has 0 spiro atoms. The van der Waals surface area contributed by atoms with Gasteiger partial charge in [-0.2, -0.15) is 0 Å². The number of benzene rings is 2. The molecule has 0 radical (unpaired) electrons. The van der Waals surface area contributed by atoms with Crippen LogP contribution in [0.4, 0.5) is 11.4 Å². The van der Waals surface area contributed by atoms with Gasteiger partial charge in [-0.25, -0.2) is 0 Å². The van der Waals surface area contributed by atoms with Gasteiger partial charge in [0.1, 0.15) is 0 Å². The van der Waals surface area contributed by atoms with Crippen LogP contribution in [0.1, 0.15) is 50.7 Å². The van der Waals surface area contributed by atoms with E-state index in [0.29, 0.717) is 11.8 Å². The van der Waals surface area contributed by atoms with Crippen LogP contribution in [0.5, 0.6) is 0 Å². The lowest BCUT2D eigenvalue weighted by molar-refractivity contribution is 0.866. The molecule has 0 bridgehead atoms. The fraction of sp³-hybridized carbons (Fsp3) is 0.333. The van der Waals surface area contributed by atoms with Crippen LogP contribution in [0.15, 0.2) is 48.5 Å². The van der Waals surface area contributed by atoms with Crippen molar-refractivity contribution in [3.63, 3.8) is 0 Å². The van der Waals surface area contributed by atoms with Gasteiger partial charge in [-0.3, -0.25) is 0 Å². The predicted octanol–water partition coefficient (Wildman–Crippen LogP) is 5.37. The molecule has 0 amide bonds. The lowest BCUT2D eigenvalue weighted by Crippen LogP contribution is -2.09. The molecule has 0 aromatic heterocycles. The summed E-state index contributed by atoms with van der Waals surface area (Å²) in [4.78, 5) is 0. The van der Waals surface area contributed by atoms with Crippen molar-refractivity contribution < 1.29 is 0 Å². The van der Waals surface area contributed by atoms with Gasteiger partial charge in [-0.15, -0.1) is 0 Å². The molecule has 0 saturated heterocycles. The van der Waals surface area contributed by atoms with Crippen LogP contribution >= 0.6 is 0 Å². The quantitative estimate of drug-likeness (QED) is 0.712. The number of anilines is 2. The molecule has 0 aliphatic carbocycles. The summed E-state index contributed by atoms with van der Waals surface area (Å²) < 4.78 is 0. The summed E-state index contributed by atoms with van der Waals surface area (Å²) in [5.41, 5.74) is 11.4. The summed E-state index contributed by atoms with van der Waals surface area (Å²) in [6, 6.07) is 17.0.